The monoisotopic (exact) mass is 280 g/mol. The Labute approximate surface area is 117 Å². The molecule has 6 heteroatoms. The maximum absolute atomic E-state index is 12.5. The summed E-state index contributed by atoms with van der Waals surface area (Å²) < 4.78 is 5.64. The van der Waals surface area contributed by atoms with Crippen LogP contribution in [0.5, 0.6) is 0 Å². The number of urea groups is 1. The Hall–Kier alpha value is -1.43. The zero-order chi connectivity index (χ0) is 14.7. The second-order valence-electron chi connectivity index (χ2n) is 6.53. The zero-order valence-electron chi connectivity index (χ0n) is 12.1. The summed E-state index contributed by atoms with van der Waals surface area (Å²) in [6.45, 7) is 6.54. The number of carbonyl (C=O) groups excluding carboxylic acids is 3. The Morgan fingerprint density at radius 2 is 1.95 bits per heavy atom. The van der Waals surface area contributed by atoms with E-state index < -0.39 is 17.4 Å². The number of ether oxygens (including phenoxy) is 1. The van der Waals surface area contributed by atoms with Gasteiger partial charge in [-0.3, -0.25) is 19.8 Å². The van der Waals surface area contributed by atoms with Gasteiger partial charge in [0.25, 0.3) is 0 Å². The summed E-state index contributed by atoms with van der Waals surface area (Å²) in [5.74, 6) is -0.749. The highest BCUT2D eigenvalue weighted by atomic mass is 16.5. The van der Waals surface area contributed by atoms with Crippen molar-refractivity contribution in [1.82, 2.24) is 10.2 Å². The lowest BCUT2D eigenvalue weighted by Gasteiger charge is -2.55. The van der Waals surface area contributed by atoms with Crippen LogP contribution in [0.4, 0.5) is 4.79 Å². The smallest absolute Gasteiger partial charge is 0.331 e. The lowest BCUT2D eigenvalue weighted by atomic mass is 9.63. The molecular weight excluding hydrogens is 260 g/mol. The third kappa shape index (κ3) is 1.57. The summed E-state index contributed by atoms with van der Waals surface area (Å²) in [6, 6.07) is -0.775. The van der Waals surface area contributed by atoms with E-state index >= 15 is 0 Å². The van der Waals surface area contributed by atoms with Gasteiger partial charge in [0, 0.05) is 12.0 Å². The molecule has 4 amide bonds. The van der Waals surface area contributed by atoms with Crippen molar-refractivity contribution in [2.24, 2.45) is 10.8 Å². The van der Waals surface area contributed by atoms with Gasteiger partial charge in [0.2, 0.25) is 11.8 Å². The number of nitrogens with one attached hydrogen (secondary N) is 1. The first-order valence-corrected chi connectivity index (χ1v) is 7.15. The van der Waals surface area contributed by atoms with Gasteiger partial charge in [0.1, 0.15) is 5.41 Å². The largest absolute Gasteiger partial charge is 0.378 e. The molecule has 2 atom stereocenters. The number of hydrogen-bond acceptors (Lipinski definition) is 4. The van der Waals surface area contributed by atoms with E-state index in [1.54, 1.807) is 0 Å². The van der Waals surface area contributed by atoms with Crippen molar-refractivity contribution in [3.05, 3.63) is 0 Å². The standard InChI is InChI=1S/C14H20N2O4/c1-4-20-9-7-8(13(9,2)3)16-11(18)14(5-6-14)10(17)15-12(16)19/h8-9H,4-7H2,1-3H3,(H,15,17,19). The van der Waals surface area contributed by atoms with Crippen molar-refractivity contribution in [2.75, 3.05) is 6.61 Å². The fourth-order valence-corrected chi connectivity index (χ4v) is 3.33. The number of barbiturate groups is 1. The summed E-state index contributed by atoms with van der Waals surface area (Å²) in [4.78, 5) is 37.6. The Balaban J connectivity index is 1.82. The van der Waals surface area contributed by atoms with E-state index in [4.69, 9.17) is 4.74 Å². The van der Waals surface area contributed by atoms with Crippen LogP contribution in [0.3, 0.4) is 0 Å². The van der Waals surface area contributed by atoms with Crippen LogP contribution in [0.15, 0.2) is 0 Å². The van der Waals surface area contributed by atoms with Crippen molar-refractivity contribution in [3.63, 3.8) is 0 Å². The number of nitrogens with zero attached hydrogens (tertiary/aromatic N) is 1. The lowest BCUT2D eigenvalue weighted by molar-refractivity contribution is -0.167. The summed E-state index contributed by atoms with van der Waals surface area (Å²) >= 11 is 0. The van der Waals surface area contributed by atoms with Crippen molar-refractivity contribution >= 4 is 17.8 Å². The third-order valence-electron chi connectivity index (χ3n) is 5.06. The molecule has 20 heavy (non-hydrogen) atoms. The van der Waals surface area contributed by atoms with Crippen LogP contribution in [0.1, 0.15) is 40.0 Å². The molecule has 0 aromatic rings. The van der Waals surface area contributed by atoms with E-state index in [0.29, 0.717) is 25.9 Å². The van der Waals surface area contributed by atoms with E-state index in [2.05, 4.69) is 5.32 Å². The molecule has 1 heterocycles. The van der Waals surface area contributed by atoms with Gasteiger partial charge in [0.05, 0.1) is 12.1 Å². The van der Waals surface area contributed by atoms with Gasteiger partial charge in [0.15, 0.2) is 0 Å². The van der Waals surface area contributed by atoms with Crippen molar-refractivity contribution < 1.29 is 19.1 Å². The molecule has 6 nitrogen and oxygen atoms in total. The van der Waals surface area contributed by atoms with Crippen LogP contribution in [0, 0.1) is 10.8 Å². The molecular formula is C14H20N2O4. The van der Waals surface area contributed by atoms with E-state index in [1.165, 1.54) is 4.90 Å². The van der Waals surface area contributed by atoms with Gasteiger partial charge in [-0.25, -0.2) is 4.79 Å². The first kappa shape index (κ1) is 13.5. The van der Waals surface area contributed by atoms with Crippen LogP contribution in [0.2, 0.25) is 0 Å². The molecule has 1 aliphatic heterocycles. The summed E-state index contributed by atoms with van der Waals surface area (Å²) in [6.07, 6.45) is 1.78. The average Bonchev–Trinajstić information content (AvgIpc) is 3.16. The molecule has 2 unspecified atom stereocenters. The normalized spacial score (nSPS) is 34.0. The van der Waals surface area contributed by atoms with Crippen molar-refractivity contribution in [2.45, 2.75) is 52.2 Å². The molecule has 0 radical (unpaired) electrons. The number of rotatable bonds is 3. The number of amides is 4. The molecule has 0 bridgehead atoms. The number of imide groups is 2. The van der Waals surface area contributed by atoms with E-state index in [9.17, 15) is 14.4 Å². The van der Waals surface area contributed by atoms with E-state index in [1.807, 2.05) is 20.8 Å². The highest BCUT2D eigenvalue weighted by Crippen LogP contribution is 2.53. The first-order chi connectivity index (χ1) is 9.34. The van der Waals surface area contributed by atoms with Crippen molar-refractivity contribution in [3.8, 4) is 0 Å². The Bertz CT molecular complexity index is 495. The van der Waals surface area contributed by atoms with Gasteiger partial charge < -0.3 is 4.74 Å². The predicted molar refractivity (Wildman–Crippen MR) is 69.7 cm³/mol. The predicted octanol–water partition coefficient (Wildman–Crippen LogP) is 1.05. The molecule has 1 N–H and O–H groups in total. The fraction of sp³-hybridized carbons (Fsp3) is 0.786. The molecule has 3 rings (SSSR count). The maximum Gasteiger partial charge on any atom is 0.331 e. The van der Waals surface area contributed by atoms with Gasteiger partial charge in [-0.15, -0.1) is 0 Å². The van der Waals surface area contributed by atoms with Gasteiger partial charge in [-0.2, -0.15) is 0 Å². The highest BCUT2D eigenvalue weighted by molar-refractivity contribution is 6.21. The second-order valence-corrected chi connectivity index (χ2v) is 6.53. The van der Waals surface area contributed by atoms with Crippen LogP contribution < -0.4 is 5.32 Å². The molecule has 0 aromatic carbocycles. The Morgan fingerprint density at radius 3 is 2.45 bits per heavy atom. The molecule has 2 aliphatic carbocycles. The molecule has 3 fully saturated rings. The lowest BCUT2D eigenvalue weighted by Crippen LogP contribution is -2.70. The van der Waals surface area contributed by atoms with Gasteiger partial charge >= 0.3 is 6.03 Å². The third-order valence-corrected chi connectivity index (χ3v) is 5.06. The minimum Gasteiger partial charge on any atom is -0.378 e. The summed E-state index contributed by atoms with van der Waals surface area (Å²) in [5, 5.41) is 2.33. The van der Waals surface area contributed by atoms with Crippen LogP contribution in [0.25, 0.3) is 0 Å². The summed E-state index contributed by atoms with van der Waals surface area (Å²) in [5.41, 5.74) is -1.24. The van der Waals surface area contributed by atoms with Crippen LogP contribution >= 0.6 is 0 Å². The van der Waals surface area contributed by atoms with Gasteiger partial charge in [-0.05, 0) is 26.2 Å². The molecule has 1 saturated heterocycles. The molecule has 0 aromatic heterocycles. The first-order valence-electron chi connectivity index (χ1n) is 7.15. The molecule has 1 spiro atoms. The Morgan fingerprint density at radius 1 is 1.30 bits per heavy atom. The van der Waals surface area contributed by atoms with Crippen LogP contribution in [-0.4, -0.2) is 41.5 Å². The van der Waals surface area contributed by atoms with Crippen LogP contribution in [-0.2, 0) is 14.3 Å². The highest BCUT2D eigenvalue weighted by Gasteiger charge is 2.66. The Kier molecular flexibility index (Phi) is 2.73. The average molecular weight is 280 g/mol. The maximum atomic E-state index is 12.5. The number of hydrogen-bond donors (Lipinski definition) is 1. The molecule has 110 valence electrons. The minimum absolute atomic E-state index is 0.0471. The quantitative estimate of drug-likeness (QED) is 0.784. The second kappa shape index (κ2) is 4.04. The number of carbonyl (C=O) groups is 3. The SMILES string of the molecule is CCOC1CC(N2C(=O)NC(=O)C3(CC3)C2=O)C1(C)C. The zero-order valence-corrected chi connectivity index (χ0v) is 12.1. The van der Waals surface area contributed by atoms with E-state index in [-0.39, 0.29) is 23.5 Å². The van der Waals surface area contributed by atoms with E-state index in [0.717, 1.165) is 0 Å². The summed E-state index contributed by atoms with van der Waals surface area (Å²) in [7, 11) is 0. The van der Waals surface area contributed by atoms with Crippen molar-refractivity contribution in [1.29, 1.82) is 0 Å². The molecule has 3 aliphatic rings. The van der Waals surface area contributed by atoms with Gasteiger partial charge in [-0.1, -0.05) is 13.8 Å². The fourth-order valence-electron chi connectivity index (χ4n) is 3.33. The topological polar surface area (TPSA) is 75.7 Å². The minimum atomic E-state index is -0.958. The molecule has 2 saturated carbocycles.